The van der Waals surface area contributed by atoms with E-state index >= 15 is 0 Å². The van der Waals surface area contributed by atoms with Crippen molar-refractivity contribution in [3.05, 3.63) is 52.3 Å². The maximum Gasteiger partial charge on any atom is 0.416 e. The predicted molar refractivity (Wildman–Crippen MR) is 126 cm³/mol. The molecule has 7 nitrogen and oxygen atoms in total. The van der Waals surface area contributed by atoms with E-state index in [4.69, 9.17) is 4.74 Å². The number of hydrogen-bond donors (Lipinski definition) is 0. The quantitative estimate of drug-likeness (QED) is 0.638. The number of aromatic nitrogens is 2. The summed E-state index contributed by atoms with van der Waals surface area (Å²) in [4.78, 5) is 29.9. The molecule has 2 aliphatic heterocycles. The second-order valence-corrected chi connectivity index (χ2v) is 10.2. The molecule has 3 atom stereocenters. The molecule has 0 N–H and O–H groups in total. The van der Waals surface area contributed by atoms with Crippen molar-refractivity contribution in [3.63, 3.8) is 0 Å². The fourth-order valence-corrected chi connectivity index (χ4v) is 5.89. The topological polar surface area (TPSA) is 67.7 Å². The Balaban J connectivity index is 1.30. The standard InChI is InChI=1S/C26H31F3N4O3/c1-16-12-32(13-17(2)36-16)25(35)24-20-7-5-9-22(20)33(30-24)15-23(34)31-11-10-18(14-31)19-6-3-4-8-21(19)26(27,28)29/h3-4,6,8,16-18H,5,7,9-15H2,1-2H3/t16-,17+,18?. The lowest BCUT2D eigenvalue weighted by molar-refractivity contribution is -0.138. The molecule has 194 valence electrons. The Morgan fingerprint density at radius 2 is 1.78 bits per heavy atom. The first-order chi connectivity index (χ1) is 17.1. The average Bonchev–Trinajstić information content (AvgIpc) is 3.55. The molecule has 5 rings (SSSR count). The molecule has 0 spiro atoms. The third-order valence-corrected chi connectivity index (χ3v) is 7.45. The van der Waals surface area contributed by atoms with Crippen molar-refractivity contribution in [1.29, 1.82) is 0 Å². The molecule has 10 heteroatoms. The zero-order chi connectivity index (χ0) is 25.6. The number of halogens is 3. The second kappa shape index (κ2) is 9.53. The van der Waals surface area contributed by atoms with Crippen LogP contribution in [0.4, 0.5) is 13.2 Å². The highest BCUT2D eigenvalue weighted by molar-refractivity contribution is 5.94. The monoisotopic (exact) mass is 504 g/mol. The highest BCUT2D eigenvalue weighted by Gasteiger charge is 2.38. The van der Waals surface area contributed by atoms with Gasteiger partial charge in [-0.3, -0.25) is 14.3 Å². The summed E-state index contributed by atoms with van der Waals surface area (Å²) in [7, 11) is 0. The molecule has 2 aromatic rings. The van der Waals surface area contributed by atoms with Crippen molar-refractivity contribution in [2.24, 2.45) is 0 Å². The van der Waals surface area contributed by atoms with E-state index in [1.54, 1.807) is 20.5 Å². The molecular weight excluding hydrogens is 473 g/mol. The van der Waals surface area contributed by atoms with Crippen LogP contribution in [-0.4, -0.2) is 69.8 Å². The van der Waals surface area contributed by atoms with E-state index in [2.05, 4.69) is 5.10 Å². The summed E-state index contributed by atoms with van der Waals surface area (Å²) in [5, 5.41) is 4.58. The van der Waals surface area contributed by atoms with Crippen LogP contribution in [0.3, 0.4) is 0 Å². The maximum absolute atomic E-state index is 13.5. The van der Waals surface area contributed by atoms with E-state index in [1.165, 1.54) is 12.1 Å². The van der Waals surface area contributed by atoms with E-state index in [9.17, 15) is 22.8 Å². The molecule has 3 heterocycles. The van der Waals surface area contributed by atoms with Gasteiger partial charge in [0, 0.05) is 43.4 Å². The Bertz CT molecular complexity index is 1150. The van der Waals surface area contributed by atoms with Crippen molar-refractivity contribution in [2.45, 2.75) is 70.4 Å². The number of amides is 2. The van der Waals surface area contributed by atoms with Gasteiger partial charge in [-0.2, -0.15) is 18.3 Å². The Hall–Kier alpha value is -2.88. The molecule has 36 heavy (non-hydrogen) atoms. The number of benzene rings is 1. The van der Waals surface area contributed by atoms with Gasteiger partial charge >= 0.3 is 6.18 Å². The molecule has 0 bridgehead atoms. The van der Waals surface area contributed by atoms with Crippen LogP contribution in [-0.2, 0) is 35.1 Å². The number of rotatable bonds is 4. The number of morpholine rings is 1. The van der Waals surface area contributed by atoms with Gasteiger partial charge in [-0.1, -0.05) is 18.2 Å². The first-order valence-corrected chi connectivity index (χ1v) is 12.6. The first kappa shape index (κ1) is 24.8. The molecule has 2 amide bonds. The van der Waals surface area contributed by atoms with Crippen molar-refractivity contribution in [1.82, 2.24) is 19.6 Å². The Morgan fingerprint density at radius 3 is 2.50 bits per heavy atom. The van der Waals surface area contributed by atoms with Gasteiger partial charge < -0.3 is 14.5 Å². The summed E-state index contributed by atoms with van der Waals surface area (Å²) in [6, 6.07) is 5.60. The maximum atomic E-state index is 13.5. The van der Waals surface area contributed by atoms with E-state index in [1.807, 2.05) is 13.8 Å². The number of hydrogen-bond acceptors (Lipinski definition) is 4. The molecule has 0 radical (unpaired) electrons. The van der Waals surface area contributed by atoms with Gasteiger partial charge in [0.15, 0.2) is 5.69 Å². The Labute approximate surface area is 208 Å². The molecule has 1 aliphatic carbocycles. The number of carbonyl (C=O) groups is 2. The molecule has 1 aromatic carbocycles. The smallest absolute Gasteiger partial charge is 0.372 e. The molecule has 1 unspecified atom stereocenters. The number of fused-ring (bicyclic) bond motifs is 1. The van der Waals surface area contributed by atoms with Gasteiger partial charge in [0.2, 0.25) is 5.91 Å². The third-order valence-electron chi connectivity index (χ3n) is 7.45. The zero-order valence-corrected chi connectivity index (χ0v) is 20.6. The number of likely N-dealkylation sites (tertiary alicyclic amines) is 1. The van der Waals surface area contributed by atoms with Gasteiger partial charge in [0.25, 0.3) is 5.91 Å². The largest absolute Gasteiger partial charge is 0.416 e. The van der Waals surface area contributed by atoms with Crippen molar-refractivity contribution >= 4 is 11.8 Å². The normalized spacial score (nSPS) is 24.3. The average molecular weight is 505 g/mol. The molecule has 3 aliphatic rings. The SMILES string of the molecule is C[C@@H]1CN(C(=O)c2nn(CC(=O)N3CCC(c4ccccc4C(F)(F)F)C3)c3c2CCC3)C[C@H](C)O1. The number of alkyl halides is 3. The second-order valence-electron chi connectivity index (χ2n) is 10.2. The van der Waals surface area contributed by atoms with Crippen LogP contribution in [0.5, 0.6) is 0 Å². The van der Waals surface area contributed by atoms with Gasteiger partial charge in [-0.15, -0.1) is 0 Å². The Kier molecular flexibility index (Phi) is 6.57. The van der Waals surface area contributed by atoms with E-state index < -0.39 is 11.7 Å². The molecule has 1 aromatic heterocycles. The van der Waals surface area contributed by atoms with Gasteiger partial charge in [-0.05, 0) is 51.2 Å². The fourth-order valence-electron chi connectivity index (χ4n) is 5.89. The summed E-state index contributed by atoms with van der Waals surface area (Å²) >= 11 is 0. The van der Waals surface area contributed by atoms with Gasteiger partial charge in [0.05, 0.1) is 17.8 Å². The van der Waals surface area contributed by atoms with Crippen LogP contribution in [0.25, 0.3) is 0 Å². The zero-order valence-electron chi connectivity index (χ0n) is 20.6. The summed E-state index contributed by atoms with van der Waals surface area (Å²) in [6.07, 6.45) is -1.66. The van der Waals surface area contributed by atoms with E-state index in [0.717, 1.165) is 36.6 Å². The third kappa shape index (κ3) is 4.75. The first-order valence-electron chi connectivity index (χ1n) is 12.6. The minimum Gasteiger partial charge on any atom is -0.372 e. The number of carbonyl (C=O) groups excluding carboxylic acids is 2. The van der Waals surface area contributed by atoms with Gasteiger partial charge in [-0.25, -0.2) is 0 Å². The van der Waals surface area contributed by atoms with Crippen LogP contribution < -0.4 is 0 Å². The minimum atomic E-state index is -4.43. The van der Waals surface area contributed by atoms with Gasteiger partial charge in [0.1, 0.15) is 6.54 Å². The van der Waals surface area contributed by atoms with E-state index in [-0.39, 0.29) is 48.6 Å². The van der Waals surface area contributed by atoms with Crippen molar-refractivity contribution < 1.29 is 27.5 Å². The lowest BCUT2D eigenvalue weighted by Crippen LogP contribution is -2.48. The molecular formula is C26H31F3N4O3. The van der Waals surface area contributed by atoms with Crippen LogP contribution in [0.15, 0.2) is 24.3 Å². The summed E-state index contributed by atoms with van der Waals surface area (Å²) in [5.74, 6) is -0.685. The minimum absolute atomic E-state index is 0.0147. The lowest BCUT2D eigenvalue weighted by atomic mass is 9.93. The summed E-state index contributed by atoms with van der Waals surface area (Å²) in [5.41, 5.74) is 1.85. The molecule has 2 saturated heterocycles. The fraction of sp³-hybridized carbons (Fsp3) is 0.577. The molecule has 0 saturated carbocycles. The predicted octanol–water partition coefficient (Wildman–Crippen LogP) is 3.66. The summed E-state index contributed by atoms with van der Waals surface area (Å²) in [6.45, 7) is 5.50. The van der Waals surface area contributed by atoms with Crippen molar-refractivity contribution in [2.75, 3.05) is 26.2 Å². The van der Waals surface area contributed by atoms with Crippen molar-refractivity contribution in [3.8, 4) is 0 Å². The van der Waals surface area contributed by atoms with Crippen LogP contribution in [0, 0.1) is 0 Å². The molecule has 2 fully saturated rings. The lowest BCUT2D eigenvalue weighted by Gasteiger charge is -2.35. The Morgan fingerprint density at radius 1 is 1.06 bits per heavy atom. The highest BCUT2D eigenvalue weighted by atomic mass is 19.4. The number of ether oxygens (including phenoxy) is 1. The van der Waals surface area contributed by atoms with Crippen LogP contribution >= 0.6 is 0 Å². The number of nitrogens with zero attached hydrogens (tertiary/aromatic N) is 4. The van der Waals surface area contributed by atoms with E-state index in [0.29, 0.717) is 31.7 Å². The van der Waals surface area contributed by atoms with Crippen LogP contribution in [0.1, 0.15) is 65.5 Å². The highest BCUT2D eigenvalue weighted by Crippen LogP contribution is 2.38. The summed E-state index contributed by atoms with van der Waals surface area (Å²) < 4.78 is 47.8. The van der Waals surface area contributed by atoms with Crippen LogP contribution in [0.2, 0.25) is 0 Å².